The Morgan fingerprint density at radius 1 is 1.15 bits per heavy atom. The van der Waals surface area contributed by atoms with Crippen molar-refractivity contribution in [1.29, 1.82) is 0 Å². The quantitative estimate of drug-likeness (QED) is 0.741. The van der Waals surface area contributed by atoms with Crippen LogP contribution in [0.3, 0.4) is 0 Å². The second-order valence-corrected chi connectivity index (χ2v) is 7.69. The first-order chi connectivity index (χ1) is 12.5. The van der Waals surface area contributed by atoms with Gasteiger partial charge in [0.15, 0.2) is 0 Å². The molecule has 1 fully saturated rings. The van der Waals surface area contributed by atoms with Crippen LogP contribution in [0.15, 0.2) is 42.5 Å². The Kier molecular flexibility index (Phi) is 6.28. The highest BCUT2D eigenvalue weighted by atomic mass is 16.3. The predicted octanol–water partition coefficient (Wildman–Crippen LogP) is 3.68. The van der Waals surface area contributed by atoms with E-state index in [0.29, 0.717) is 5.92 Å². The number of rotatable bonds is 6. The summed E-state index contributed by atoms with van der Waals surface area (Å²) < 4.78 is 0. The Balaban J connectivity index is 1.58. The van der Waals surface area contributed by atoms with E-state index in [1.807, 2.05) is 25.1 Å². The lowest BCUT2D eigenvalue weighted by atomic mass is 9.84. The van der Waals surface area contributed by atoms with Gasteiger partial charge in [-0.3, -0.25) is 4.79 Å². The van der Waals surface area contributed by atoms with Crippen molar-refractivity contribution in [1.82, 2.24) is 5.32 Å². The molecule has 1 saturated carbocycles. The number of amides is 1. The third-order valence-electron chi connectivity index (χ3n) is 5.64. The van der Waals surface area contributed by atoms with E-state index >= 15 is 0 Å². The molecular weight excluding hydrogens is 324 g/mol. The van der Waals surface area contributed by atoms with Gasteiger partial charge in [-0.05, 0) is 41.7 Å². The molecule has 0 spiro atoms. The molecule has 4 nitrogen and oxygen atoms in total. The van der Waals surface area contributed by atoms with Crippen LogP contribution in [0, 0.1) is 5.92 Å². The smallest absolute Gasteiger partial charge is 0.250 e. The molecule has 1 aliphatic carbocycles. The van der Waals surface area contributed by atoms with E-state index < -0.39 is 12.1 Å². The van der Waals surface area contributed by atoms with E-state index in [2.05, 4.69) is 29.6 Å². The Labute approximate surface area is 155 Å². The molecule has 0 bridgehead atoms. The largest absolute Gasteiger partial charge is 0.382 e. The molecule has 26 heavy (non-hydrogen) atoms. The van der Waals surface area contributed by atoms with Crippen molar-refractivity contribution < 1.29 is 9.90 Å². The fourth-order valence-corrected chi connectivity index (χ4v) is 3.99. The van der Waals surface area contributed by atoms with Gasteiger partial charge in [-0.25, -0.2) is 0 Å². The van der Waals surface area contributed by atoms with E-state index in [0.717, 1.165) is 30.2 Å². The van der Waals surface area contributed by atoms with Crippen LogP contribution in [0.1, 0.15) is 57.1 Å². The van der Waals surface area contributed by atoms with Gasteiger partial charge in [0.2, 0.25) is 0 Å². The van der Waals surface area contributed by atoms with Crippen LogP contribution in [0.5, 0.6) is 0 Å². The maximum atomic E-state index is 12.4. The first-order valence-corrected chi connectivity index (χ1v) is 9.77. The molecule has 0 aliphatic heterocycles. The number of nitrogens with two attached hydrogens (primary N) is 1. The topological polar surface area (TPSA) is 75.3 Å². The van der Waals surface area contributed by atoms with E-state index in [-0.39, 0.29) is 11.9 Å². The minimum absolute atomic E-state index is 0.177. The number of aliphatic hydroxyl groups is 1. The van der Waals surface area contributed by atoms with Crippen LogP contribution in [0.4, 0.5) is 0 Å². The highest BCUT2D eigenvalue weighted by molar-refractivity contribution is 5.84. The van der Waals surface area contributed by atoms with Gasteiger partial charge in [-0.2, -0.15) is 0 Å². The SMILES string of the molecule is C[C@H](NC(=O)C(O)[C@H](N)CC1CCCCC1)c1ccc2ccccc2c1. The molecule has 0 heterocycles. The van der Waals surface area contributed by atoms with Gasteiger partial charge in [0.25, 0.3) is 5.91 Å². The summed E-state index contributed by atoms with van der Waals surface area (Å²) in [5, 5.41) is 15.6. The fourth-order valence-electron chi connectivity index (χ4n) is 3.99. The van der Waals surface area contributed by atoms with Crippen molar-refractivity contribution in [2.45, 2.75) is 63.6 Å². The minimum Gasteiger partial charge on any atom is -0.382 e. The van der Waals surface area contributed by atoms with Gasteiger partial charge in [-0.1, -0.05) is 68.5 Å². The van der Waals surface area contributed by atoms with Gasteiger partial charge in [0.1, 0.15) is 6.10 Å². The van der Waals surface area contributed by atoms with Crippen LogP contribution in [0.2, 0.25) is 0 Å². The van der Waals surface area contributed by atoms with Crippen molar-refractivity contribution in [3.63, 3.8) is 0 Å². The molecule has 0 radical (unpaired) electrons. The van der Waals surface area contributed by atoms with Crippen LogP contribution in [0.25, 0.3) is 10.8 Å². The molecule has 140 valence electrons. The van der Waals surface area contributed by atoms with Crippen LogP contribution in [-0.2, 0) is 4.79 Å². The number of carbonyl (C=O) groups is 1. The second-order valence-electron chi connectivity index (χ2n) is 7.69. The van der Waals surface area contributed by atoms with Gasteiger partial charge in [-0.15, -0.1) is 0 Å². The number of carbonyl (C=O) groups excluding carboxylic acids is 1. The summed E-state index contributed by atoms with van der Waals surface area (Å²) in [6.07, 6.45) is 5.65. The molecule has 3 rings (SSSR count). The Morgan fingerprint density at radius 2 is 1.85 bits per heavy atom. The summed E-state index contributed by atoms with van der Waals surface area (Å²) in [7, 11) is 0. The average molecular weight is 354 g/mol. The van der Waals surface area contributed by atoms with Gasteiger partial charge < -0.3 is 16.2 Å². The Hall–Kier alpha value is -1.91. The molecule has 1 unspecified atom stereocenters. The van der Waals surface area contributed by atoms with E-state index in [1.54, 1.807) is 0 Å². The summed E-state index contributed by atoms with van der Waals surface area (Å²) in [5.74, 6) is 0.160. The molecule has 3 atom stereocenters. The monoisotopic (exact) mass is 354 g/mol. The highest BCUT2D eigenvalue weighted by Gasteiger charge is 2.27. The van der Waals surface area contributed by atoms with Crippen molar-refractivity contribution in [2.24, 2.45) is 11.7 Å². The maximum Gasteiger partial charge on any atom is 0.250 e. The van der Waals surface area contributed by atoms with Crippen molar-refractivity contribution in [2.75, 3.05) is 0 Å². The lowest BCUT2D eigenvalue weighted by molar-refractivity contribution is -0.131. The molecule has 4 N–H and O–H groups in total. The predicted molar refractivity (Wildman–Crippen MR) is 106 cm³/mol. The molecule has 0 saturated heterocycles. The third kappa shape index (κ3) is 4.63. The standard InChI is InChI=1S/C22H30N2O2/c1-15(18-12-11-17-9-5-6-10-19(17)14-18)24-22(26)21(25)20(23)13-16-7-3-2-4-8-16/h5-6,9-12,14-16,20-21,25H,2-4,7-8,13,23H2,1H3,(H,24,26)/t15-,20+,21?/m0/s1. The average Bonchev–Trinajstić information content (AvgIpc) is 2.67. The van der Waals surface area contributed by atoms with Crippen molar-refractivity contribution in [3.05, 3.63) is 48.0 Å². The number of fused-ring (bicyclic) bond motifs is 1. The van der Waals surface area contributed by atoms with Crippen molar-refractivity contribution in [3.8, 4) is 0 Å². The molecule has 1 aliphatic rings. The molecule has 2 aromatic carbocycles. The fraction of sp³-hybridized carbons (Fsp3) is 0.500. The summed E-state index contributed by atoms with van der Waals surface area (Å²) >= 11 is 0. The lowest BCUT2D eigenvalue weighted by Gasteiger charge is -2.27. The number of nitrogens with one attached hydrogen (secondary N) is 1. The van der Waals surface area contributed by atoms with Gasteiger partial charge in [0, 0.05) is 6.04 Å². The van der Waals surface area contributed by atoms with Crippen LogP contribution in [-0.4, -0.2) is 23.2 Å². The molecular formula is C22H30N2O2. The van der Waals surface area contributed by atoms with E-state index in [4.69, 9.17) is 5.73 Å². The van der Waals surface area contributed by atoms with Crippen LogP contribution < -0.4 is 11.1 Å². The molecule has 0 aromatic heterocycles. The Morgan fingerprint density at radius 3 is 2.58 bits per heavy atom. The van der Waals surface area contributed by atoms with Crippen LogP contribution >= 0.6 is 0 Å². The van der Waals surface area contributed by atoms with E-state index in [1.165, 1.54) is 24.6 Å². The number of benzene rings is 2. The first kappa shape index (κ1) is 18.9. The summed E-state index contributed by atoms with van der Waals surface area (Å²) in [6.45, 7) is 1.93. The summed E-state index contributed by atoms with van der Waals surface area (Å²) in [5.41, 5.74) is 7.15. The normalized spacial score (nSPS) is 19.0. The van der Waals surface area contributed by atoms with Gasteiger partial charge in [0.05, 0.1) is 6.04 Å². The summed E-state index contributed by atoms with van der Waals surface area (Å²) in [4.78, 5) is 12.4. The van der Waals surface area contributed by atoms with Gasteiger partial charge >= 0.3 is 0 Å². The lowest BCUT2D eigenvalue weighted by Crippen LogP contribution is -2.47. The Bertz CT molecular complexity index is 740. The number of aliphatic hydroxyl groups excluding tert-OH is 1. The number of hydrogen-bond acceptors (Lipinski definition) is 3. The zero-order valence-electron chi connectivity index (χ0n) is 15.5. The summed E-state index contributed by atoms with van der Waals surface area (Å²) in [6, 6.07) is 13.6. The zero-order chi connectivity index (χ0) is 18.5. The maximum absolute atomic E-state index is 12.4. The highest BCUT2D eigenvalue weighted by Crippen LogP contribution is 2.27. The first-order valence-electron chi connectivity index (χ1n) is 9.77. The molecule has 1 amide bonds. The third-order valence-corrected chi connectivity index (χ3v) is 5.64. The minimum atomic E-state index is -1.15. The second kappa shape index (κ2) is 8.65. The van der Waals surface area contributed by atoms with E-state index in [9.17, 15) is 9.90 Å². The zero-order valence-corrected chi connectivity index (χ0v) is 15.5. The molecule has 4 heteroatoms. The van der Waals surface area contributed by atoms with Crippen molar-refractivity contribution >= 4 is 16.7 Å². The number of hydrogen-bond donors (Lipinski definition) is 3. The molecule has 2 aromatic rings.